The van der Waals surface area contributed by atoms with Crippen LogP contribution in [0, 0.1) is 22.7 Å². The van der Waals surface area contributed by atoms with Gasteiger partial charge < -0.3 is 10.5 Å². The summed E-state index contributed by atoms with van der Waals surface area (Å²) >= 11 is 22.8. The van der Waals surface area contributed by atoms with Gasteiger partial charge in [0, 0.05) is 0 Å². The zero-order valence-electron chi connectivity index (χ0n) is 10.0. The SMILES string of the molecule is CCOC(N)=O.N#Cc1c(Cl)c(Cl)c(Cl)c(C#N)c1Cl. The smallest absolute Gasteiger partial charge is 0.404 e. The summed E-state index contributed by atoms with van der Waals surface area (Å²) < 4.78 is 4.18. The number of ether oxygens (including phenoxy) is 1. The lowest BCUT2D eigenvalue weighted by atomic mass is 10.1. The van der Waals surface area contributed by atoms with Crippen LogP contribution in [0.5, 0.6) is 0 Å². The zero-order valence-corrected chi connectivity index (χ0v) is 13.0. The molecule has 106 valence electrons. The minimum Gasteiger partial charge on any atom is -0.450 e. The maximum absolute atomic E-state index is 9.60. The number of primary amides is 1. The number of carbonyl (C=O) groups is 1. The predicted octanol–water partition coefficient (Wildman–Crippen LogP) is 4.15. The molecular formula is C11H7Cl4N3O2. The normalized spacial score (nSPS) is 8.75. The molecule has 0 radical (unpaired) electrons. The first-order chi connectivity index (χ1) is 9.31. The Labute approximate surface area is 135 Å². The molecule has 1 rings (SSSR count). The van der Waals surface area contributed by atoms with Crippen LogP contribution in [-0.2, 0) is 4.74 Å². The summed E-state index contributed by atoms with van der Waals surface area (Å²) in [4.78, 5) is 9.60. The molecule has 0 bridgehead atoms. The van der Waals surface area contributed by atoms with Crippen molar-refractivity contribution in [1.82, 2.24) is 0 Å². The molecule has 5 nitrogen and oxygen atoms in total. The highest BCUT2D eigenvalue weighted by atomic mass is 35.5. The van der Waals surface area contributed by atoms with Crippen LogP contribution in [-0.4, -0.2) is 12.7 Å². The Balaban J connectivity index is 0.000000511. The van der Waals surface area contributed by atoms with Gasteiger partial charge in [0.2, 0.25) is 0 Å². The van der Waals surface area contributed by atoms with E-state index in [2.05, 4.69) is 10.5 Å². The van der Waals surface area contributed by atoms with Crippen molar-refractivity contribution in [2.75, 3.05) is 6.61 Å². The van der Waals surface area contributed by atoms with Gasteiger partial charge in [0.05, 0.1) is 37.8 Å². The Morgan fingerprint density at radius 1 is 1.05 bits per heavy atom. The van der Waals surface area contributed by atoms with Gasteiger partial charge in [-0.3, -0.25) is 0 Å². The van der Waals surface area contributed by atoms with Crippen molar-refractivity contribution in [3.63, 3.8) is 0 Å². The molecule has 1 amide bonds. The number of nitrogens with two attached hydrogens (primary N) is 1. The fraction of sp³-hybridized carbons (Fsp3) is 0.182. The van der Waals surface area contributed by atoms with Gasteiger partial charge in [-0.2, -0.15) is 10.5 Å². The first-order valence-corrected chi connectivity index (χ1v) is 6.41. The molecule has 0 atom stereocenters. The fourth-order valence-electron chi connectivity index (χ4n) is 0.972. The number of nitriles is 2. The Kier molecular flexibility index (Phi) is 8.13. The molecule has 0 spiro atoms. The minimum absolute atomic E-state index is 0.0363. The van der Waals surface area contributed by atoms with Crippen LogP contribution < -0.4 is 5.73 Å². The molecular weight excluding hydrogens is 348 g/mol. The summed E-state index contributed by atoms with van der Waals surface area (Å²) in [7, 11) is 0. The topological polar surface area (TPSA) is 99.9 Å². The van der Waals surface area contributed by atoms with Crippen molar-refractivity contribution in [3.8, 4) is 12.1 Å². The number of amides is 1. The van der Waals surface area contributed by atoms with Crippen molar-refractivity contribution >= 4 is 52.5 Å². The van der Waals surface area contributed by atoms with Crippen molar-refractivity contribution < 1.29 is 9.53 Å². The fourth-order valence-corrected chi connectivity index (χ4v) is 2.04. The molecule has 1 aromatic rings. The molecule has 0 fully saturated rings. The lowest BCUT2D eigenvalue weighted by molar-refractivity contribution is 0.163. The van der Waals surface area contributed by atoms with Crippen LogP contribution in [0.1, 0.15) is 18.1 Å². The van der Waals surface area contributed by atoms with E-state index in [1.807, 2.05) is 0 Å². The first-order valence-electron chi connectivity index (χ1n) is 4.90. The van der Waals surface area contributed by atoms with E-state index in [9.17, 15) is 4.79 Å². The van der Waals surface area contributed by atoms with Gasteiger partial charge in [0.15, 0.2) is 0 Å². The number of rotatable bonds is 1. The Morgan fingerprint density at radius 3 is 1.65 bits per heavy atom. The van der Waals surface area contributed by atoms with E-state index in [4.69, 9.17) is 56.9 Å². The lowest BCUT2D eigenvalue weighted by Crippen LogP contribution is -2.11. The summed E-state index contributed by atoms with van der Waals surface area (Å²) in [6.45, 7) is 2.06. The number of hydrogen-bond donors (Lipinski definition) is 1. The van der Waals surface area contributed by atoms with Gasteiger partial charge in [-0.05, 0) is 6.92 Å². The monoisotopic (exact) mass is 353 g/mol. The van der Waals surface area contributed by atoms with E-state index in [-0.39, 0.29) is 31.2 Å². The third-order valence-corrected chi connectivity index (χ3v) is 3.48. The molecule has 0 saturated heterocycles. The Hall–Kier alpha value is -1.37. The largest absolute Gasteiger partial charge is 0.450 e. The van der Waals surface area contributed by atoms with E-state index < -0.39 is 6.09 Å². The number of nitrogens with zero attached hydrogens (tertiary/aromatic N) is 2. The maximum atomic E-state index is 9.60. The summed E-state index contributed by atoms with van der Waals surface area (Å²) in [6.07, 6.45) is -0.711. The van der Waals surface area contributed by atoms with Gasteiger partial charge in [-0.15, -0.1) is 0 Å². The predicted molar refractivity (Wildman–Crippen MR) is 77.1 cm³/mol. The van der Waals surface area contributed by atoms with Crippen molar-refractivity contribution in [2.45, 2.75) is 6.92 Å². The summed E-state index contributed by atoms with van der Waals surface area (Å²) in [5.74, 6) is 0. The molecule has 1 aromatic carbocycles. The number of halogens is 4. The standard InChI is InChI=1S/C8Cl4N2.C3H7NO2/c9-5-3(1-13)6(10)8(12)7(11)4(5)2-14;1-2-6-3(4)5/h;2H2,1H3,(H2,4,5). The number of hydrogen-bond acceptors (Lipinski definition) is 4. The third kappa shape index (κ3) is 4.63. The first kappa shape index (κ1) is 18.6. The summed E-state index contributed by atoms with van der Waals surface area (Å²) in [6, 6.07) is 3.50. The molecule has 0 aliphatic heterocycles. The number of carbonyl (C=O) groups excluding carboxylic acids is 1. The van der Waals surface area contributed by atoms with Crippen LogP contribution in [0.15, 0.2) is 0 Å². The van der Waals surface area contributed by atoms with Gasteiger partial charge in [-0.25, -0.2) is 4.79 Å². The van der Waals surface area contributed by atoms with Gasteiger partial charge >= 0.3 is 6.09 Å². The molecule has 0 heterocycles. The quantitative estimate of drug-likeness (QED) is 0.604. The van der Waals surface area contributed by atoms with E-state index >= 15 is 0 Å². The van der Waals surface area contributed by atoms with Crippen LogP contribution >= 0.6 is 46.4 Å². The Bertz CT molecular complexity index is 564. The van der Waals surface area contributed by atoms with E-state index in [1.54, 1.807) is 19.1 Å². The molecule has 0 aliphatic carbocycles. The maximum Gasteiger partial charge on any atom is 0.404 e. The van der Waals surface area contributed by atoms with Crippen LogP contribution in [0.25, 0.3) is 0 Å². The second-order valence-corrected chi connectivity index (χ2v) is 4.49. The summed E-state index contributed by atoms with van der Waals surface area (Å²) in [5, 5.41) is 17.2. The molecule has 2 N–H and O–H groups in total. The van der Waals surface area contributed by atoms with Crippen molar-refractivity contribution in [1.29, 1.82) is 10.5 Å². The van der Waals surface area contributed by atoms with Crippen molar-refractivity contribution in [3.05, 3.63) is 31.2 Å². The van der Waals surface area contributed by atoms with Crippen LogP contribution in [0.2, 0.25) is 20.1 Å². The van der Waals surface area contributed by atoms with Crippen molar-refractivity contribution in [2.24, 2.45) is 5.73 Å². The van der Waals surface area contributed by atoms with Gasteiger partial charge in [0.25, 0.3) is 0 Å². The van der Waals surface area contributed by atoms with E-state index in [0.29, 0.717) is 6.61 Å². The van der Waals surface area contributed by atoms with E-state index in [0.717, 1.165) is 0 Å². The average molecular weight is 355 g/mol. The summed E-state index contributed by atoms with van der Waals surface area (Å²) in [5.41, 5.74) is 4.46. The highest BCUT2D eigenvalue weighted by molar-refractivity contribution is 6.50. The van der Waals surface area contributed by atoms with Crippen LogP contribution in [0.3, 0.4) is 0 Å². The molecule has 0 unspecified atom stereocenters. The molecule has 9 heteroatoms. The molecule has 20 heavy (non-hydrogen) atoms. The minimum atomic E-state index is -0.711. The van der Waals surface area contributed by atoms with E-state index in [1.165, 1.54) is 0 Å². The third-order valence-electron chi connectivity index (χ3n) is 1.77. The highest BCUT2D eigenvalue weighted by Crippen LogP contribution is 2.40. The zero-order chi connectivity index (χ0) is 15.9. The van der Waals surface area contributed by atoms with Crippen LogP contribution in [0.4, 0.5) is 4.79 Å². The Morgan fingerprint density at radius 2 is 1.45 bits per heavy atom. The molecule has 0 saturated carbocycles. The van der Waals surface area contributed by atoms with Gasteiger partial charge in [-0.1, -0.05) is 46.4 Å². The molecule has 0 aliphatic rings. The average Bonchev–Trinajstić information content (AvgIpc) is 2.38. The number of benzene rings is 1. The van der Waals surface area contributed by atoms with Gasteiger partial charge in [0.1, 0.15) is 12.1 Å². The lowest BCUT2D eigenvalue weighted by Gasteiger charge is -2.05. The second kappa shape index (κ2) is 8.73. The second-order valence-electron chi connectivity index (χ2n) is 2.98. The highest BCUT2D eigenvalue weighted by Gasteiger charge is 2.19. The molecule has 0 aromatic heterocycles.